The van der Waals surface area contributed by atoms with Gasteiger partial charge in [-0.05, 0) is 38.0 Å². The van der Waals surface area contributed by atoms with Crippen molar-refractivity contribution in [1.82, 2.24) is 9.78 Å². The van der Waals surface area contributed by atoms with Crippen LogP contribution in [0.15, 0.2) is 18.2 Å². The fourth-order valence-corrected chi connectivity index (χ4v) is 2.65. The first-order valence-electron chi connectivity index (χ1n) is 6.15. The van der Waals surface area contributed by atoms with Gasteiger partial charge in [0.25, 0.3) is 0 Å². The van der Waals surface area contributed by atoms with Gasteiger partial charge in [-0.25, -0.2) is 4.68 Å². The van der Waals surface area contributed by atoms with Gasteiger partial charge in [0.05, 0.1) is 22.0 Å². The lowest BCUT2D eigenvalue weighted by Crippen LogP contribution is -2.16. The molecule has 0 amide bonds. The van der Waals surface area contributed by atoms with E-state index in [1.54, 1.807) is 6.07 Å². The lowest BCUT2D eigenvalue weighted by molar-refractivity contribution is 0.830. The minimum absolute atomic E-state index is 0.0498. The number of aryl methyl sites for hydroxylation is 1. The van der Waals surface area contributed by atoms with Gasteiger partial charge in [0, 0.05) is 5.69 Å². The third-order valence-electron chi connectivity index (χ3n) is 3.28. The summed E-state index contributed by atoms with van der Waals surface area (Å²) in [7, 11) is 0. The Bertz CT molecular complexity index is 643. The summed E-state index contributed by atoms with van der Waals surface area (Å²) in [6.45, 7) is 6.11. The van der Waals surface area contributed by atoms with Crippen molar-refractivity contribution in [3.63, 3.8) is 0 Å². The standard InChI is InChI=1S/C14H17ClN4/c1-4-10-8(2)18-19(9(10)3)12-7-5-6-11(15)13(12)14(16)17/h5-7H,4H2,1-3H3,(H3,16,17). The number of nitrogens with zero attached hydrogens (tertiary/aromatic N) is 2. The first kappa shape index (κ1) is 13.6. The molecule has 0 saturated carbocycles. The van der Waals surface area contributed by atoms with E-state index in [2.05, 4.69) is 12.0 Å². The first-order valence-corrected chi connectivity index (χ1v) is 6.53. The maximum atomic E-state index is 7.69. The van der Waals surface area contributed by atoms with E-state index in [1.165, 1.54) is 5.56 Å². The van der Waals surface area contributed by atoms with Crippen LogP contribution < -0.4 is 5.73 Å². The number of benzene rings is 1. The molecule has 3 N–H and O–H groups in total. The molecule has 0 bridgehead atoms. The summed E-state index contributed by atoms with van der Waals surface area (Å²) < 4.78 is 1.82. The Hall–Kier alpha value is -1.81. The van der Waals surface area contributed by atoms with Gasteiger partial charge in [0.15, 0.2) is 0 Å². The maximum Gasteiger partial charge on any atom is 0.126 e. The molecule has 0 atom stereocenters. The smallest absolute Gasteiger partial charge is 0.126 e. The number of hydrogen-bond donors (Lipinski definition) is 2. The molecule has 0 radical (unpaired) electrons. The molecule has 1 aromatic heterocycles. The molecule has 1 aromatic carbocycles. The summed E-state index contributed by atoms with van der Waals surface area (Å²) in [6.07, 6.45) is 0.924. The zero-order chi connectivity index (χ0) is 14.2. The van der Waals surface area contributed by atoms with Crippen LogP contribution in [0.2, 0.25) is 5.02 Å². The van der Waals surface area contributed by atoms with Crippen molar-refractivity contribution in [3.05, 3.63) is 45.7 Å². The van der Waals surface area contributed by atoms with Gasteiger partial charge in [-0.15, -0.1) is 0 Å². The minimum Gasteiger partial charge on any atom is -0.384 e. The summed E-state index contributed by atoms with van der Waals surface area (Å²) in [5, 5.41) is 12.7. The Morgan fingerprint density at radius 1 is 1.42 bits per heavy atom. The van der Waals surface area contributed by atoms with Gasteiger partial charge >= 0.3 is 0 Å². The van der Waals surface area contributed by atoms with Crippen LogP contribution in [0, 0.1) is 19.3 Å². The maximum absolute atomic E-state index is 7.69. The highest BCUT2D eigenvalue weighted by Crippen LogP contribution is 2.25. The average Bonchev–Trinajstić information content (AvgIpc) is 2.63. The second kappa shape index (κ2) is 5.05. The molecule has 0 spiro atoms. The minimum atomic E-state index is -0.0498. The van der Waals surface area contributed by atoms with E-state index in [0.29, 0.717) is 10.6 Å². The summed E-state index contributed by atoms with van der Waals surface area (Å²) >= 11 is 6.15. The Morgan fingerprint density at radius 2 is 2.11 bits per heavy atom. The third kappa shape index (κ3) is 2.24. The van der Waals surface area contributed by atoms with E-state index in [4.69, 9.17) is 22.7 Å². The molecule has 4 nitrogen and oxygen atoms in total. The Kier molecular flexibility index (Phi) is 3.62. The molecule has 5 heteroatoms. The first-order chi connectivity index (χ1) is 8.97. The van der Waals surface area contributed by atoms with Crippen molar-refractivity contribution in [2.75, 3.05) is 0 Å². The van der Waals surface area contributed by atoms with Gasteiger partial charge in [-0.2, -0.15) is 5.10 Å². The number of aromatic nitrogens is 2. The third-order valence-corrected chi connectivity index (χ3v) is 3.60. The van der Waals surface area contributed by atoms with Crippen molar-refractivity contribution in [2.45, 2.75) is 27.2 Å². The quantitative estimate of drug-likeness (QED) is 0.668. The number of halogens is 1. The molecule has 0 unspecified atom stereocenters. The van der Waals surface area contributed by atoms with Gasteiger partial charge in [0.2, 0.25) is 0 Å². The Morgan fingerprint density at radius 3 is 2.63 bits per heavy atom. The van der Waals surface area contributed by atoms with E-state index in [9.17, 15) is 0 Å². The van der Waals surface area contributed by atoms with Crippen LogP contribution in [0.5, 0.6) is 0 Å². The number of amidine groups is 1. The lowest BCUT2D eigenvalue weighted by atomic mass is 10.1. The zero-order valence-electron chi connectivity index (χ0n) is 11.3. The monoisotopic (exact) mass is 276 g/mol. The summed E-state index contributed by atoms with van der Waals surface area (Å²) in [6, 6.07) is 5.45. The second-order valence-electron chi connectivity index (χ2n) is 4.46. The van der Waals surface area contributed by atoms with E-state index < -0.39 is 0 Å². The molecule has 0 fully saturated rings. The highest BCUT2D eigenvalue weighted by atomic mass is 35.5. The molecule has 2 rings (SSSR count). The molecule has 0 saturated heterocycles. The highest BCUT2D eigenvalue weighted by Gasteiger charge is 2.16. The van der Waals surface area contributed by atoms with Gasteiger partial charge in [0.1, 0.15) is 5.84 Å². The SMILES string of the molecule is CCc1c(C)nn(-c2cccc(Cl)c2C(=N)N)c1C. The molecule has 2 aromatic rings. The van der Waals surface area contributed by atoms with Crippen molar-refractivity contribution in [1.29, 1.82) is 5.41 Å². The normalized spacial score (nSPS) is 10.7. The molecule has 0 aliphatic carbocycles. The van der Waals surface area contributed by atoms with Crippen molar-refractivity contribution in [2.24, 2.45) is 5.73 Å². The number of nitrogens with one attached hydrogen (secondary N) is 1. The van der Waals surface area contributed by atoms with Crippen LogP contribution in [0.1, 0.15) is 29.4 Å². The fourth-order valence-electron chi connectivity index (χ4n) is 2.38. The summed E-state index contributed by atoms with van der Waals surface area (Å²) in [5.74, 6) is -0.0498. The molecular formula is C14H17ClN4. The second-order valence-corrected chi connectivity index (χ2v) is 4.87. The van der Waals surface area contributed by atoms with Crippen LogP contribution in [0.25, 0.3) is 5.69 Å². The predicted octanol–water partition coefficient (Wildman–Crippen LogP) is 2.99. The Balaban J connectivity index is 2.73. The average molecular weight is 277 g/mol. The van der Waals surface area contributed by atoms with Crippen LogP contribution >= 0.6 is 11.6 Å². The number of nitrogen functional groups attached to an aromatic ring is 1. The Labute approximate surface area is 117 Å². The molecular weight excluding hydrogens is 260 g/mol. The van der Waals surface area contributed by atoms with Crippen molar-refractivity contribution < 1.29 is 0 Å². The van der Waals surface area contributed by atoms with Crippen LogP contribution in [-0.2, 0) is 6.42 Å². The fraction of sp³-hybridized carbons (Fsp3) is 0.286. The van der Waals surface area contributed by atoms with Gasteiger partial charge < -0.3 is 5.73 Å². The van der Waals surface area contributed by atoms with Crippen molar-refractivity contribution in [3.8, 4) is 5.69 Å². The summed E-state index contributed by atoms with van der Waals surface area (Å²) in [4.78, 5) is 0. The molecule has 100 valence electrons. The van der Waals surface area contributed by atoms with Gasteiger partial charge in [-0.1, -0.05) is 24.6 Å². The number of rotatable bonds is 3. The van der Waals surface area contributed by atoms with Crippen LogP contribution in [-0.4, -0.2) is 15.6 Å². The highest BCUT2D eigenvalue weighted by molar-refractivity contribution is 6.34. The topological polar surface area (TPSA) is 67.7 Å². The lowest BCUT2D eigenvalue weighted by Gasteiger charge is -2.12. The molecule has 0 aliphatic rings. The van der Waals surface area contributed by atoms with E-state index in [-0.39, 0.29) is 5.84 Å². The molecule has 1 heterocycles. The van der Waals surface area contributed by atoms with Gasteiger partial charge in [-0.3, -0.25) is 5.41 Å². The summed E-state index contributed by atoms with van der Waals surface area (Å²) in [5.41, 5.74) is 10.2. The van der Waals surface area contributed by atoms with Crippen LogP contribution in [0.4, 0.5) is 0 Å². The van der Waals surface area contributed by atoms with E-state index in [1.807, 2.05) is 30.7 Å². The molecule has 19 heavy (non-hydrogen) atoms. The molecule has 0 aliphatic heterocycles. The zero-order valence-corrected chi connectivity index (χ0v) is 12.0. The van der Waals surface area contributed by atoms with E-state index >= 15 is 0 Å². The van der Waals surface area contributed by atoms with E-state index in [0.717, 1.165) is 23.5 Å². The predicted molar refractivity (Wildman–Crippen MR) is 78.4 cm³/mol. The largest absolute Gasteiger partial charge is 0.384 e. The number of hydrogen-bond acceptors (Lipinski definition) is 2. The number of nitrogens with two attached hydrogens (primary N) is 1. The van der Waals surface area contributed by atoms with Crippen LogP contribution in [0.3, 0.4) is 0 Å². The van der Waals surface area contributed by atoms with Crippen molar-refractivity contribution >= 4 is 17.4 Å².